The summed E-state index contributed by atoms with van der Waals surface area (Å²) in [5.41, 5.74) is 0.869. The first-order valence-electron chi connectivity index (χ1n) is 3.12. The molecule has 2 heteroatoms. The number of hydrogen-bond donors (Lipinski definition) is 0. The summed E-state index contributed by atoms with van der Waals surface area (Å²) in [5.74, 6) is 0.848. The van der Waals surface area contributed by atoms with Gasteiger partial charge in [-0.15, -0.1) is 0 Å². The second kappa shape index (κ2) is 2.14. The van der Waals surface area contributed by atoms with E-state index in [0.717, 1.165) is 11.4 Å². The van der Waals surface area contributed by atoms with E-state index in [2.05, 4.69) is 11.1 Å². The average Bonchev–Trinajstić information content (AvgIpc) is 2.05. The number of rotatable bonds is 0. The minimum Gasteiger partial charge on any atom is -0.486 e. The van der Waals surface area contributed by atoms with Crippen molar-refractivity contribution in [3.8, 4) is 5.75 Å². The molecule has 1 aliphatic heterocycles. The van der Waals surface area contributed by atoms with Gasteiger partial charge in [0.05, 0.1) is 0 Å². The van der Waals surface area contributed by atoms with E-state index in [1.165, 1.54) is 0 Å². The monoisotopic (exact) mass is 133 g/mol. The van der Waals surface area contributed by atoms with E-state index < -0.39 is 0 Å². The Labute approximate surface area is 60.6 Å². The van der Waals surface area contributed by atoms with E-state index in [4.69, 9.17) is 4.74 Å². The maximum absolute atomic E-state index is 5.25. The molecule has 1 aromatic carbocycles. The second-order valence-electron chi connectivity index (χ2n) is 2.02. The summed E-state index contributed by atoms with van der Waals surface area (Å²) in [5, 5.41) is 0. The van der Waals surface area contributed by atoms with Gasteiger partial charge in [-0.2, -0.15) is 0 Å². The van der Waals surface area contributed by atoms with Crippen LogP contribution in [0.25, 0.3) is 0 Å². The van der Waals surface area contributed by atoms with Crippen LogP contribution in [0.2, 0.25) is 0 Å². The fourth-order valence-electron chi connectivity index (χ4n) is 0.893. The van der Waals surface area contributed by atoms with Gasteiger partial charge < -0.3 is 4.74 Å². The first kappa shape index (κ1) is 5.47. The predicted molar refractivity (Wildman–Crippen MR) is 40.0 cm³/mol. The van der Waals surface area contributed by atoms with E-state index in [1.807, 2.05) is 18.2 Å². The largest absolute Gasteiger partial charge is 1.00 e. The van der Waals surface area contributed by atoms with E-state index in [9.17, 15) is 0 Å². The minimum atomic E-state index is 0. The van der Waals surface area contributed by atoms with Gasteiger partial charge in [-0.1, -0.05) is 6.07 Å². The van der Waals surface area contributed by atoms with Gasteiger partial charge in [-0.25, -0.2) is 0 Å². The molecular weight excluding hydrogens is 126 g/mol. The molecule has 0 saturated heterocycles. The van der Waals surface area contributed by atoms with Crippen molar-refractivity contribution in [2.75, 3.05) is 6.61 Å². The van der Waals surface area contributed by atoms with Gasteiger partial charge in [0, 0.05) is 6.21 Å². The molecule has 0 unspecified atom stereocenters. The number of fused-ring (bicyclic) bond motifs is 1. The van der Waals surface area contributed by atoms with E-state index in [0.29, 0.717) is 6.61 Å². The summed E-state index contributed by atoms with van der Waals surface area (Å²) in [7, 11) is 0. The molecular formula is C8H7NO+. The zero-order chi connectivity index (χ0) is 6.81. The Bertz CT molecular complexity index is 273. The Morgan fingerprint density at radius 1 is 1.70 bits per heavy atom. The lowest BCUT2D eigenvalue weighted by molar-refractivity contribution is 0.377. The molecule has 10 heavy (non-hydrogen) atoms. The number of nitrogens with zero attached hydrogens (tertiary/aromatic N) is 1. The predicted octanol–water partition coefficient (Wildman–Crippen LogP) is 1.69. The molecule has 0 atom stereocenters. The van der Waals surface area contributed by atoms with Crippen LogP contribution in [0.5, 0.6) is 5.75 Å². The van der Waals surface area contributed by atoms with Crippen LogP contribution in [0.3, 0.4) is 0 Å². The van der Waals surface area contributed by atoms with Crippen molar-refractivity contribution in [2.45, 2.75) is 0 Å². The van der Waals surface area contributed by atoms with Crippen molar-refractivity contribution in [3.05, 3.63) is 24.3 Å². The third-order valence-corrected chi connectivity index (χ3v) is 1.35. The Kier molecular flexibility index (Phi) is 1.17. The van der Waals surface area contributed by atoms with Gasteiger partial charge in [0.1, 0.15) is 18.0 Å². The van der Waals surface area contributed by atoms with E-state index in [-0.39, 0.29) is 1.43 Å². The van der Waals surface area contributed by atoms with Crippen molar-refractivity contribution in [2.24, 2.45) is 4.99 Å². The van der Waals surface area contributed by atoms with Crippen molar-refractivity contribution in [1.82, 2.24) is 0 Å². The minimum absolute atomic E-state index is 0. The maximum Gasteiger partial charge on any atom is 1.00 e. The third kappa shape index (κ3) is 0.778. The van der Waals surface area contributed by atoms with Crippen LogP contribution in [0.1, 0.15) is 1.43 Å². The molecule has 1 heterocycles. The van der Waals surface area contributed by atoms with E-state index >= 15 is 0 Å². The van der Waals surface area contributed by atoms with Crippen LogP contribution in [-0.2, 0) is 0 Å². The molecule has 1 aliphatic rings. The molecule has 2 nitrogen and oxygen atoms in total. The fourth-order valence-corrected chi connectivity index (χ4v) is 0.893. The van der Waals surface area contributed by atoms with Crippen LogP contribution < -0.4 is 4.74 Å². The van der Waals surface area contributed by atoms with Gasteiger partial charge in [0.2, 0.25) is 0 Å². The summed E-state index contributed by atoms with van der Waals surface area (Å²) < 4.78 is 5.25. The SMILES string of the molecule is [H+].[c]1ccc2c(c1)N=CCO2. The lowest BCUT2D eigenvalue weighted by atomic mass is 10.3. The summed E-state index contributed by atoms with van der Waals surface area (Å²) in [6, 6.07) is 8.42. The summed E-state index contributed by atoms with van der Waals surface area (Å²) >= 11 is 0. The third-order valence-electron chi connectivity index (χ3n) is 1.35. The molecule has 0 aromatic heterocycles. The highest BCUT2D eigenvalue weighted by molar-refractivity contribution is 5.70. The van der Waals surface area contributed by atoms with E-state index in [1.54, 1.807) is 6.21 Å². The zero-order valence-corrected chi connectivity index (χ0v) is 5.37. The van der Waals surface area contributed by atoms with Crippen LogP contribution in [0, 0.1) is 6.07 Å². The molecule has 0 aliphatic carbocycles. The van der Waals surface area contributed by atoms with Crippen LogP contribution in [-0.4, -0.2) is 12.8 Å². The number of ether oxygens (including phenoxy) is 1. The van der Waals surface area contributed by atoms with Crippen LogP contribution in [0.15, 0.2) is 23.2 Å². The van der Waals surface area contributed by atoms with Crippen molar-refractivity contribution < 1.29 is 6.16 Å². The number of aliphatic imine (C=N–C) groups is 1. The molecule has 0 amide bonds. The lowest BCUT2D eigenvalue weighted by Gasteiger charge is -2.09. The Morgan fingerprint density at radius 3 is 3.60 bits per heavy atom. The molecule has 0 bridgehead atoms. The molecule has 49 valence electrons. The van der Waals surface area contributed by atoms with Crippen molar-refractivity contribution in [1.29, 1.82) is 0 Å². The van der Waals surface area contributed by atoms with Crippen molar-refractivity contribution >= 4 is 11.9 Å². The smallest absolute Gasteiger partial charge is 0.486 e. The Morgan fingerprint density at radius 2 is 2.70 bits per heavy atom. The van der Waals surface area contributed by atoms with Gasteiger partial charge in [0.25, 0.3) is 0 Å². The first-order chi connectivity index (χ1) is 4.97. The summed E-state index contributed by atoms with van der Waals surface area (Å²) in [6.07, 6.45) is 1.75. The average molecular weight is 133 g/mol. The summed E-state index contributed by atoms with van der Waals surface area (Å²) in [6.45, 7) is 0.580. The highest BCUT2D eigenvalue weighted by atomic mass is 16.5. The number of benzene rings is 1. The molecule has 1 aromatic rings. The van der Waals surface area contributed by atoms with Crippen LogP contribution >= 0.6 is 0 Å². The van der Waals surface area contributed by atoms with Crippen molar-refractivity contribution in [3.63, 3.8) is 0 Å². The molecule has 0 spiro atoms. The van der Waals surface area contributed by atoms with Crippen LogP contribution in [0.4, 0.5) is 5.69 Å². The quantitative estimate of drug-likeness (QED) is 0.527. The topological polar surface area (TPSA) is 21.6 Å². The van der Waals surface area contributed by atoms with Gasteiger partial charge in [-0.3, -0.25) is 4.99 Å². The van der Waals surface area contributed by atoms with Gasteiger partial charge in [-0.05, 0) is 18.2 Å². The number of hydrogen-bond acceptors (Lipinski definition) is 2. The summed E-state index contributed by atoms with van der Waals surface area (Å²) in [4.78, 5) is 4.11. The molecule has 0 fully saturated rings. The van der Waals surface area contributed by atoms with Gasteiger partial charge in [0.15, 0.2) is 0 Å². The molecule has 2 rings (SSSR count). The normalized spacial score (nSPS) is 14.0. The van der Waals surface area contributed by atoms with Gasteiger partial charge >= 0.3 is 1.43 Å². The lowest BCUT2D eigenvalue weighted by Crippen LogP contribution is -2.01. The molecule has 0 N–H and O–H groups in total. The highest BCUT2D eigenvalue weighted by Gasteiger charge is 2.02. The standard InChI is InChI=1S/C8H6NO/c1-2-4-8-7(3-1)9-5-6-10-8/h2-5H,6H2/p+1. The molecule has 0 saturated carbocycles. The molecule has 1 radical (unpaired) electrons. The Balaban J connectivity index is 0.000000605. The first-order valence-corrected chi connectivity index (χ1v) is 3.12. The highest BCUT2D eigenvalue weighted by Crippen LogP contribution is 2.27. The second-order valence-corrected chi connectivity index (χ2v) is 2.02. The maximum atomic E-state index is 5.25. The fraction of sp³-hybridized carbons (Fsp3) is 0.125. The Hall–Kier alpha value is -1.31. The zero-order valence-electron chi connectivity index (χ0n) is 6.37.